The van der Waals surface area contributed by atoms with Gasteiger partial charge in [0.25, 0.3) is 0 Å². The number of hydrogen-bond acceptors (Lipinski definition) is 4. The molecule has 0 amide bonds. The van der Waals surface area contributed by atoms with Gasteiger partial charge in [-0.3, -0.25) is 0 Å². The van der Waals surface area contributed by atoms with E-state index in [-0.39, 0.29) is 0 Å². The van der Waals surface area contributed by atoms with Gasteiger partial charge in [0.05, 0.1) is 18.5 Å². The van der Waals surface area contributed by atoms with Crippen LogP contribution in [-0.2, 0) is 10.7 Å². The number of alkyl halides is 2. The summed E-state index contributed by atoms with van der Waals surface area (Å²) in [7, 11) is 1.63. The molecule has 0 aliphatic heterocycles. The largest absolute Gasteiger partial charge is 0.496 e. The molecule has 0 bridgehead atoms. The Labute approximate surface area is 144 Å². The molecule has 0 spiro atoms. The van der Waals surface area contributed by atoms with E-state index in [1.165, 1.54) is 0 Å². The Morgan fingerprint density at radius 2 is 1.45 bits per heavy atom. The number of hydrogen-bond donors (Lipinski definition) is 0. The zero-order valence-corrected chi connectivity index (χ0v) is 15.0. The summed E-state index contributed by atoms with van der Waals surface area (Å²) >= 11 is 6.79. The topological polar surface area (TPSA) is 57.8 Å². The van der Waals surface area contributed by atoms with Gasteiger partial charge >= 0.3 is 0 Å². The average Bonchev–Trinajstić information content (AvgIpc) is 3.23. The zero-order chi connectivity index (χ0) is 15.5. The van der Waals surface area contributed by atoms with Crippen molar-refractivity contribution in [1.29, 1.82) is 0 Å². The highest BCUT2D eigenvalue weighted by molar-refractivity contribution is 9.08. The molecule has 0 N–H and O–H groups in total. The van der Waals surface area contributed by atoms with Crippen molar-refractivity contribution in [1.82, 2.24) is 24.5 Å². The molecule has 0 aliphatic carbocycles. The standard InChI is InChI=1S/C14H13Br2N5O/c1-22-12-6-13(20-4-2-10(8-15)18-20)17-14(7-12)21-5-3-11(9-16)19-21/h2-7H,8-9H2,1H3. The fourth-order valence-corrected chi connectivity index (χ4v) is 2.55. The minimum Gasteiger partial charge on any atom is -0.496 e. The molecule has 3 heterocycles. The molecule has 0 fully saturated rings. The van der Waals surface area contributed by atoms with Crippen molar-refractivity contribution >= 4 is 31.9 Å². The van der Waals surface area contributed by atoms with Crippen LogP contribution in [0.15, 0.2) is 36.7 Å². The van der Waals surface area contributed by atoms with Gasteiger partial charge in [0.1, 0.15) is 5.75 Å². The third-order valence-electron chi connectivity index (χ3n) is 3.04. The molecule has 0 aromatic carbocycles. The van der Waals surface area contributed by atoms with Gasteiger partial charge in [0.15, 0.2) is 11.6 Å². The molecule has 0 aliphatic rings. The number of ether oxygens (including phenoxy) is 1. The molecule has 0 unspecified atom stereocenters. The van der Waals surface area contributed by atoms with Crippen LogP contribution in [-0.4, -0.2) is 31.7 Å². The lowest BCUT2D eigenvalue weighted by atomic mass is 10.4. The maximum atomic E-state index is 5.36. The molecular formula is C14H13Br2N5O. The summed E-state index contributed by atoms with van der Waals surface area (Å²) in [6.45, 7) is 0. The Balaban J connectivity index is 2.05. The van der Waals surface area contributed by atoms with Crippen molar-refractivity contribution in [2.24, 2.45) is 0 Å². The van der Waals surface area contributed by atoms with E-state index in [9.17, 15) is 0 Å². The van der Waals surface area contributed by atoms with Crippen molar-refractivity contribution in [3.8, 4) is 17.4 Å². The van der Waals surface area contributed by atoms with Gasteiger partial charge in [-0.1, -0.05) is 31.9 Å². The van der Waals surface area contributed by atoms with Crippen molar-refractivity contribution in [2.45, 2.75) is 10.7 Å². The molecule has 8 heteroatoms. The molecule has 3 rings (SSSR count). The van der Waals surface area contributed by atoms with Crippen LogP contribution < -0.4 is 4.74 Å². The van der Waals surface area contributed by atoms with Crippen molar-refractivity contribution in [3.63, 3.8) is 0 Å². The maximum Gasteiger partial charge on any atom is 0.159 e. The van der Waals surface area contributed by atoms with Crippen LogP contribution >= 0.6 is 31.9 Å². The average molecular weight is 427 g/mol. The predicted molar refractivity (Wildman–Crippen MR) is 90.3 cm³/mol. The lowest BCUT2D eigenvalue weighted by Gasteiger charge is -2.08. The van der Waals surface area contributed by atoms with E-state index in [1.807, 2.05) is 36.7 Å². The Hall–Kier alpha value is -1.67. The Kier molecular flexibility index (Phi) is 4.58. The van der Waals surface area contributed by atoms with Crippen LogP contribution in [0, 0.1) is 0 Å². The van der Waals surface area contributed by atoms with Crippen LogP contribution in [0.5, 0.6) is 5.75 Å². The van der Waals surface area contributed by atoms with Gasteiger partial charge in [0, 0.05) is 35.2 Å². The van der Waals surface area contributed by atoms with Gasteiger partial charge in [-0.25, -0.2) is 14.3 Å². The van der Waals surface area contributed by atoms with Crippen molar-refractivity contribution < 1.29 is 4.74 Å². The lowest BCUT2D eigenvalue weighted by Crippen LogP contribution is -2.05. The fourth-order valence-electron chi connectivity index (χ4n) is 1.95. The number of nitrogens with zero attached hydrogens (tertiary/aromatic N) is 5. The summed E-state index contributed by atoms with van der Waals surface area (Å²) in [5, 5.41) is 10.3. The van der Waals surface area contributed by atoms with E-state index in [4.69, 9.17) is 4.74 Å². The number of halogens is 2. The minimum absolute atomic E-state index is 0.678. The van der Waals surface area contributed by atoms with Gasteiger partial charge in [-0.15, -0.1) is 0 Å². The van der Waals surface area contributed by atoms with Crippen LogP contribution in [0.4, 0.5) is 0 Å². The zero-order valence-electron chi connectivity index (χ0n) is 11.8. The van der Waals surface area contributed by atoms with Crippen molar-refractivity contribution in [2.75, 3.05) is 7.11 Å². The van der Waals surface area contributed by atoms with Crippen LogP contribution in [0.3, 0.4) is 0 Å². The Morgan fingerprint density at radius 1 is 0.955 bits per heavy atom. The molecular weight excluding hydrogens is 414 g/mol. The highest BCUT2D eigenvalue weighted by Crippen LogP contribution is 2.19. The first kappa shape index (κ1) is 15.2. The summed E-state index contributed by atoms with van der Waals surface area (Å²) in [6, 6.07) is 7.55. The maximum absolute atomic E-state index is 5.36. The molecule has 0 radical (unpaired) electrons. The van der Waals surface area contributed by atoms with E-state index in [1.54, 1.807) is 16.5 Å². The van der Waals surface area contributed by atoms with Gasteiger partial charge in [-0.2, -0.15) is 10.2 Å². The Morgan fingerprint density at radius 3 is 1.82 bits per heavy atom. The summed E-state index contributed by atoms with van der Waals surface area (Å²) < 4.78 is 8.80. The number of aromatic nitrogens is 5. The molecule has 0 saturated heterocycles. The van der Waals surface area contributed by atoms with E-state index < -0.39 is 0 Å². The van der Waals surface area contributed by atoms with E-state index >= 15 is 0 Å². The predicted octanol–water partition coefficient (Wildman–Crippen LogP) is 3.25. The molecule has 3 aromatic rings. The Bertz CT molecular complexity index is 723. The number of rotatable bonds is 5. The SMILES string of the molecule is COc1cc(-n2ccc(CBr)n2)nc(-n2ccc(CBr)n2)c1. The smallest absolute Gasteiger partial charge is 0.159 e. The number of methoxy groups -OCH3 is 1. The molecule has 22 heavy (non-hydrogen) atoms. The first-order valence-electron chi connectivity index (χ1n) is 6.51. The summed E-state index contributed by atoms with van der Waals surface area (Å²) in [5.41, 5.74) is 1.87. The first-order chi connectivity index (χ1) is 10.7. The molecule has 114 valence electrons. The second-order valence-electron chi connectivity index (χ2n) is 4.49. The normalized spacial score (nSPS) is 10.9. The third kappa shape index (κ3) is 3.07. The second kappa shape index (κ2) is 6.62. The summed E-state index contributed by atoms with van der Waals surface area (Å²) in [6.07, 6.45) is 3.74. The lowest BCUT2D eigenvalue weighted by molar-refractivity contribution is 0.413. The van der Waals surface area contributed by atoms with Gasteiger partial charge < -0.3 is 4.74 Å². The highest BCUT2D eigenvalue weighted by Gasteiger charge is 2.09. The highest BCUT2D eigenvalue weighted by atomic mass is 79.9. The summed E-state index contributed by atoms with van der Waals surface area (Å²) in [4.78, 5) is 4.61. The minimum atomic E-state index is 0.678. The third-order valence-corrected chi connectivity index (χ3v) is 4.19. The quantitative estimate of drug-likeness (QED) is 0.587. The van der Waals surface area contributed by atoms with E-state index in [2.05, 4.69) is 47.0 Å². The molecule has 3 aromatic heterocycles. The van der Waals surface area contributed by atoms with E-state index in [0.29, 0.717) is 28.0 Å². The summed E-state index contributed by atoms with van der Waals surface area (Å²) in [5.74, 6) is 2.06. The van der Waals surface area contributed by atoms with Gasteiger partial charge in [-0.05, 0) is 12.1 Å². The van der Waals surface area contributed by atoms with Crippen LogP contribution in [0.25, 0.3) is 11.6 Å². The molecule has 0 saturated carbocycles. The molecule has 0 atom stereocenters. The van der Waals surface area contributed by atoms with Gasteiger partial charge in [0.2, 0.25) is 0 Å². The fraction of sp³-hybridized carbons (Fsp3) is 0.214. The van der Waals surface area contributed by atoms with Crippen molar-refractivity contribution in [3.05, 3.63) is 48.0 Å². The second-order valence-corrected chi connectivity index (χ2v) is 5.62. The number of pyridine rings is 1. The van der Waals surface area contributed by atoms with Crippen LogP contribution in [0.1, 0.15) is 11.4 Å². The molecule has 6 nitrogen and oxygen atoms in total. The van der Waals surface area contributed by atoms with E-state index in [0.717, 1.165) is 11.4 Å². The van der Waals surface area contributed by atoms with Crippen LogP contribution in [0.2, 0.25) is 0 Å². The monoisotopic (exact) mass is 425 g/mol. The first-order valence-corrected chi connectivity index (χ1v) is 8.75.